The fourth-order valence-electron chi connectivity index (χ4n) is 4.75. The third-order valence-electron chi connectivity index (χ3n) is 6.13. The molecule has 0 bridgehead atoms. The summed E-state index contributed by atoms with van der Waals surface area (Å²) in [7, 11) is 0. The van der Waals surface area contributed by atoms with Gasteiger partial charge in [-0.1, -0.05) is 20.8 Å². The van der Waals surface area contributed by atoms with Gasteiger partial charge in [0.2, 0.25) is 0 Å². The highest BCUT2D eigenvalue weighted by molar-refractivity contribution is 5.45. The minimum absolute atomic E-state index is 0.0112. The number of hydrogen-bond acceptors (Lipinski definition) is 4. The number of fused-ring (bicyclic) bond motifs is 3. The fourth-order valence-corrected chi connectivity index (χ4v) is 4.75. The van der Waals surface area contributed by atoms with E-state index in [0.717, 1.165) is 56.5 Å². The predicted molar refractivity (Wildman–Crippen MR) is 102 cm³/mol. The van der Waals surface area contributed by atoms with Crippen LogP contribution in [0.2, 0.25) is 0 Å². The molecule has 0 unspecified atom stereocenters. The van der Waals surface area contributed by atoms with Crippen LogP contribution in [0.1, 0.15) is 69.2 Å². The average molecular weight is 360 g/mol. The Kier molecular flexibility index (Phi) is 4.79. The van der Waals surface area contributed by atoms with Crippen molar-refractivity contribution in [2.75, 3.05) is 13.1 Å². The standard InChI is InChI=1S/C22H33NO3/c1-22(2,3)11-16-12-23-7-6-14-9-21(26-17-4-5-17)15(13-24)8-18(14)19(23)10-20(16)25/h8-9,16-17,19-20,24-25H,4-7,10-13H2,1-3H3/t16-,19-,20-/m1/s1. The van der Waals surface area contributed by atoms with E-state index in [9.17, 15) is 10.2 Å². The van der Waals surface area contributed by atoms with Gasteiger partial charge in [-0.2, -0.15) is 0 Å². The summed E-state index contributed by atoms with van der Waals surface area (Å²) in [5, 5.41) is 20.6. The van der Waals surface area contributed by atoms with Crippen LogP contribution in [0, 0.1) is 11.3 Å². The summed E-state index contributed by atoms with van der Waals surface area (Å²) in [5.41, 5.74) is 3.76. The molecule has 144 valence electrons. The van der Waals surface area contributed by atoms with Crippen LogP contribution in [0.25, 0.3) is 0 Å². The molecule has 4 heteroatoms. The summed E-state index contributed by atoms with van der Waals surface area (Å²) in [5.74, 6) is 1.21. The van der Waals surface area contributed by atoms with E-state index in [1.807, 2.05) is 0 Å². The van der Waals surface area contributed by atoms with Gasteiger partial charge in [-0.15, -0.1) is 0 Å². The van der Waals surface area contributed by atoms with Gasteiger partial charge in [0.05, 0.1) is 18.8 Å². The first-order valence-corrected chi connectivity index (χ1v) is 10.2. The van der Waals surface area contributed by atoms with Crippen LogP contribution in [0.4, 0.5) is 0 Å². The third kappa shape index (κ3) is 3.78. The maximum Gasteiger partial charge on any atom is 0.125 e. The van der Waals surface area contributed by atoms with E-state index >= 15 is 0 Å². The summed E-state index contributed by atoms with van der Waals surface area (Å²) >= 11 is 0. The lowest BCUT2D eigenvalue weighted by Gasteiger charge is -2.47. The maximum atomic E-state index is 10.8. The van der Waals surface area contributed by atoms with E-state index in [1.54, 1.807) is 0 Å². The predicted octanol–water partition coefficient (Wildman–Crippen LogP) is 3.44. The molecule has 1 saturated heterocycles. The molecule has 0 radical (unpaired) electrons. The van der Waals surface area contributed by atoms with Gasteiger partial charge < -0.3 is 14.9 Å². The van der Waals surface area contributed by atoms with Crippen LogP contribution in [0.3, 0.4) is 0 Å². The van der Waals surface area contributed by atoms with E-state index < -0.39 is 0 Å². The summed E-state index contributed by atoms with van der Waals surface area (Å²) in [6, 6.07) is 4.57. The van der Waals surface area contributed by atoms with Gasteiger partial charge in [0.25, 0.3) is 0 Å². The molecule has 2 aliphatic heterocycles. The lowest BCUT2D eigenvalue weighted by Crippen LogP contribution is -2.48. The first-order chi connectivity index (χ1) is 12.3. The fraction of sp³-hybridized carbons (Fsp3) is 0.727. The number of aliphatic hydroxyl groups excluding tert-OH is 2. The van der Waals surface area contributed by atoms with E-state index in [0.29, 0.717) is 12.0 Å². The molecule has 2 heterocycles. The highest BCUT2D eigenvalue weighted by Gasteiger charge is 2.39. The van der Waals surface area contributed by atoms with Gasteiger partial charge >= 0.3 is 0 Å². The molecule has 1 aromatic rings. The molecule has 0 aromatic heterocycles. The number of piperidine rings is 1. The molecule has 3 atom stereocenters. The number of benzene rings is 1. The van der Waals surface area contributed by atoms with Gasteiger partial charge in [0, 0.05) is 24.7 Å². The highest BCUT2D eigenvalue weighted by atomic mass is 16.5. The maximum absolute atomic E-state index is 10.8. The van der Waals surface area contributed by atoms with Gasteiger partial charge in [0.15, 0.2) is 0 Å². The number of rotatable bonds is 4. The molecular weight excluding hydrogens is 326 g/mol. The zero-order valence-electron chi connectivity index (χ0n) is 16.4. The number of ether oxygens (including phenoxy) is 1. The van der Waals surface area contributed by atoms with Crippen LogP contribution in [-0.4, -0.2) is 40.4 Å². The van der Waals surface area contributed by atoms with Crippen molar-refractivity contribution in [3.05, 3.63) is 28.8 Å². The van der Waals surface area contributed by atoms with Crippen LogP contribution in [-0.2, 0) is 13.0 Å². The molecule has 3 aliphatic rings. The normalized spacial score (nSPS) is 29.2. The zero-order valence-corrected chi connectivity index (χ0v) is 16.4. The summed E-state index contributed by atoms with van der Waals surface area (Å²) in [6.45, 7) is 8.80. The van der Waals surface area contributed by atoms with Crippen molar-refractivity contribution in [1.82, 2.24) is 4.90 Å². The Morgan fingerprint density at radius 3 is 2.65 bits per heavy atom. The van der Waals surface area contributed by atoms with Crippen molar-refractivity contribution < 1.29 is 14.9 Å². The SMILES string of the molecule is CC(C)(C)C[C@@H]1CN2CCc3cc(OC4CC4)c(CO)cc3[C@H]2C[C@H]1O. The van der Waals surface area contributed by atoms with Crippen molar-refractivity contribution in [1.29, 1.82) is 0 Å². The minimum Gasteiger partial charge on any atom is -0.490 e. The number of nitrogens with zero attached hydrogens (tertiary/aromatic N) is 1. The molecule has 1 aromatic carbocycles. The summed E-state index contributed by atoms with van der Waals surface area (Å²) < 4.78 is 6.02. The average Bonchev–Trinajstić information content (AvgIpc) is 3.38. The molecule has 0 amide bonds. The second kappa shape index (κ2) is 6.81. The van der Waals surface area contributed by atoms with Crippen molar-refractivity contribution in [2.24, 2.45) is 11.3 Å². The molecule has 2 N–H and O–H groups in total. The molecule has 1 aliphatic carbocycles. The first kappa shape index (κ1) is 18.3. The van der Waals surface area contributed by atoms with Gasteiger partial charge in [-0.3, -0.25) is 4.90 Å². The Labute approximate surface area is 157 Å². The highest BCUT2D eigenvalue weighted by Crippen LogP contribution is 2.43. The van der Waals surface area contributed by atoms with Crippen molar-refractivity contribution in [2.45, 2.75) is 77.7 Å². The monoisotopic (exact) mass is 359 g/mol. The van der Waals surface area contributed by atoms with E-state index in [4.69, 9.17) is 4.74 Å². The Hall–Kier alpha value is -1.10. The van der Waals surface area contributed by atoms with E-state index in [-0.39, 0.29) is 24.2 Å². The van der Waals surface area contributed by atoms with Crippen LogP contribution < -0.4 is 4.74 Å². The number of hydrogen-bond donors (Lipinski definition) is 2. The zero-order chi connectivity index (χ0) is 18.5. The molecule has 4 nitrogen and oxygen atoms in total. The second-order valence-electron chi connectivity index (χ2n) is 9.72. The first-order valence-electron chi connectivity index (χ1n) is 10.2. The largest absolute Gasteiger partial charge is 0.490 e. The Bertz CT molecular complexity index is 662. The quantitative estimate of drug-likeness (QED) is 0.865. The Morgan fingerprint density at radius 1 is 1.23 bits per heavy atom. The molecule has 0 spiro atoms. The van der Waals surface area contributed by atoms with Crippen molar-refractivity contribution in [3.63, 3.8) is 0 Å². The topological polar surface area (TPSA) is 52.9 Å². The lowest BCUT2D eigenvalue weighted by molar-refractivity contribution is -0.0259. The van der Waals surface area contributed by atoms with Crippen molar-refractivity contribution >= 4 is 0 Å². The second-order valence-corrected chi connectivity index (χ2v) is 9.72. The van der Waals surface area contributed by atoms with Gasteiger partial charge in [-0.25, -0.2) is 0 Å². The molecule has 4 rings (SSSR count). The van der Waals surface area contributed by atoms with Crippen LogP contribution in [0.5, 0.6) is 5.75 Å². The van der Waals surface area contributed by atoms with Crippen LogP contribution in [0.15, 0.2) is 12.1 Å². The Balaban J connectivity index is 1.57. The van der Waals surface area contributed by atoms with Crippen molar-refractivity contribution in [3.8, 4) is 5.75 Å². The lowest BCUT2D eigenvalue weighted by atomic mass is 9.75. The Morgan fingerprint density at radius 2 is 2.00 bits per heavy atom. The smallest absolute Gasteiger partial charge is 0.125 e. The third-order valence-corrected chi connectivity index (χ3v) is 6.13. The van der Waals surface area contributed by atoms with Gasteiger partial charge in [-0.05, 0) is 66.7 Å². The van der Waals surface area contributed by atoms with Crippen LogP contribution >= 0.6 is 0 Å². The summed E-state index contributed by atoms with van der Waals surface area (Å²) in [4.78, 5) is 2.55. The molecule has 2 fully saturated rings. The van der Waals surface area contributed by atoms with E-state index in [2.05, 4.69) is 37.8 Å². The molecule has 26 heavy (non-hydrogen) atoms. The molecular formula is C22H33NO3. The summed E-state index contributed by atoms with van der Waals surface area (Å²) in [6.07, 6.45) is 5.22. The van der Waals surface area contributed by atoms with Gasteiger partial charge in [0.1, 0.15) is 5.75 Å². The van der Waals surface area contributed by atoms with E-state index in [1.165, 1.54) is 11.1 Å². The minimum atomic E-state index is -0.249. The number of aliphatic hydroxyl groups is 2. The molecule has 1 saturated carbocycles.